The Kier molecular flexibility index (Phi) is 4.09. The molecule has 0 saturated carbocycles. The van der Waals surface area contributed by atoms with Gasteiger partial charge in [0.15, 0.2) is 11.6 Å². The monoisotopic (exact) mass is 277 g/mol. The van der Waals surface area contributed by atoms with Crippen molar-refractivity contribution in [3.8, 4) is 17.0 Å². The summed E-state index contributed by atoms with van der Waals surface area (Å²) in [5.41, 5.74) is 1.56. The van der Waals surface area contributed by atoms with Crippen LogP contribution in [0.4, 0.5) is 4.39 Å². The molecule has 0 aliphatic carbocycles. The van der Waals surface area contributed by atoms with Crippen LogP contribution in [0.1, 0.15) is 26.6 Å². The van der Waals surface area contributed by atoms with E-state index in [-0.39, 0.29) is 17.1 Å². The van der Waals surface area contributed by atoms with E-state index in [9.17, 15) is 4.39 Å². The number of aromatic nitrogens is 2. The second kappa shape index (κ2) is 5.63. The van der Waals surface area contributed by atoms with Gasteiger partial charge in [-0.2, -0.15) is 0 Å². The molecular weight excluding hydrogens is 257 g/mol. The molecule has 108 valence electrons. The predicted molar refractivity (Wildman–Crippen MR) is 77.1 cm³/mol. The van der Waals surface area contributed by atoms with Crippen molar-refractivity contribution in [2.75, 3.05) is 7.11 Å². The van der Waals surface area contributed by atoms with Gasteiger partial charge >= 0.3 is 0 Å². The third kappa shape index (κ3) is 3.57. The van der Waals surface area contributed by atoms with Gasteiger partial charge in [-0.15, -0.1) is 0 Å². The number of nitrogens with zero attached hydrogens (tertiary/aromatic N) is 1. The quantitative estimate of drug-likeness (QED) is 0.902. The molecule has 0 spiro atoms. The third-order valence-corrected chi connectivity index (χ3v) is 2.88. The maximum atomic E-state index is 13.7. The van der Waals surface area contributed by atoms with Gasteiger partial charge in [-0.05, 0) is 39.0 Å². The van der Waals surface area contributed by atoms with Crippen LogP contribution in [-0.2, 0) is 6.54 Å². The van der Waals surface area contributed by atoms with E-state index in [1.807, 2.05) is 0 Å². The summed E-state index contributed by atoms with van der Waals surface area (Å²) in [4.78, 5) is 7.48. The van der Waals surface area contributed by atoms with Crippen molar-refractivity contribution in [1.29, 1.82) is 0 Å². The van der Waals surface area contributed by atoms with E-state index >= 15 is 0 Å². The Hall–Kier alpha value is -1.88. The summed E-state index contributed by atoms with van der Waals surface area (Å²) in [7, 11) is 1.45. The number of halogens is 1. The van der Waals surface area contributed by atoms with Crippen LogP contribution < -0.4 is 10.1 Å². The molecule has 4 nitrogen and oxygen atoms in total. The number of ether oxygens (including phenoxy) is 1. The van der Waals surface area contributed by atoms with Crippen LogP contribution in [0.2, 0.25) is 0 Å². The minimum Gasteiger partial charge on any atom is -0.494 e. The molecule has 0 amide bonds. The SMILES string of the molecule is COc1ccc(-c2cnc(CNC(C)(C)C)[nH]2)cc1F. The first-order valence-corrected chi connectivity index (χ1v) is 6.52. The smallest absolute Gasteiger partial charge is 0.165 e. The van der Waals surface area contributed by atoms with Gasteiger partial charge in [-0.3, -0.25) is 0 Å². The standard InChI is InChI=1S/C15H20FN3O/c1-15(2,3)18-9-14-17-8-12(19-14)10-5-6-13(20-4)11(16)7-10/h5-8,18H,9H2,1-4H3,(H,17,19). The number of nitrogens with one attached hydrogen (secondary N) is 2. The van der Waals surface area contributed by atoms with E-state index in [2.05, 4.69) is 36.1 Å². The Balaban J connectivity index is 2.14. The first-order valence-electron chi connectivity index (χ1n) is 6.52. The zero-order valence-corrected chi connectivity index (χ0v) is 12.2. The molecular formula is C15H20FN3O. The Morgan fingerprint density at radius 1 is 1.35 bits per heavy atom. The molecule has 2 rings (SSSR count). The molecule has 1 aromatic carbocycles. The van der Waals surface area contributed by atoms with Gasteiger partial charge < -0.3 is 15.0 Å². The van der Waals surface area contributed by atoms with E-state index in [0.29, 0.717) is 6.54 Å². The van der Waals surface area contributed by atoms with Gasteiger partial charge in [0, 0.05) is 11.1 Å². The summed E-state index contributed by atoms with van der Waals surface area (Å²) >= 11 is 0. The first-order chi connectivity index (χ1) is 9.39. The normalized spacial score (nSPS) is 11.7. The fourth-order valence-electron chi connectivity index (χ4n) is 1.78. The molecule has 0 aliphatic heterocycles. The maximum absolute atomic E-state index is 13.7. The zero-order chi connectivity index (χ0) is 14.8. The average molecular weight is 277 g/mol. The molecule has 0 radical (unpaired) electrons. The van der Waals surface area contributed by atoms with Crippen LogP contribution in [0.15, 0.2) is 24.4 Å². The summed E-state index contributed by atoms with van der Waals surface area (Å²) in [6.45, 7) is 6.92. The summed E-state index contributed by atoms with van der Waals surface area (Å²) in [5.74, 6) is 0.683. The summed E-state index contributed by atoms with van der Waals surface area (Å²) in [6.07, 6.45) is 1.71. The molecule has 0 bridgehead atoms. The number of H-pyrrole nitrogens is 1. The van der Waals surface area contributed by atoms with Crippen molar-refractivity contribution in [2.45, 2.75) is 32.9 Å². The van der Waals surface area contributed by atoms with Crippen molar-refractivity contribution in [2.24, 2.45) is 0 Å². The Labute approximate surface area is 118 Å². The van der Waals surface area contributed by atoms with Gasteiger partial charge in [-0.25, -0.2) is 9.37 Å². The fraction of sp³-hybridized carbons (Fsp3) is 0.400. The van der Waals surface area contributed by atoms with Gasteiger partial charge in [0.2, 0.25) is 0 Å². The molecule has 5 heteroatoms. The highest BCUT2D eigenvalue weighted by Crippen LogP contribution is 2.24. The molecule has 0 unspecified atom stereocenters. The molecule has 0 saturated heterocycles. The van der Waals surface area contributed by atoms with Crippen molar-refractivity contribution < 1.29 is 9.13 Å². The molecule has 0 aliphatic rings. The van der Waals surface area contributed by atoms with Crippen molar-refractivity contribution >= 4 is 0 Å². The van der Waals surface area contributed by atoms with Crippen LogP contribution in [0, 0.1) is 5.82 Å². The number of hydrogen-bond acceptors (Lipinski definition) is 3. The molecule has 2 aromatic rings. The topological polar surface area (TPSA) is 49.9 Å². The van der Waals surface area contributed by atoms with Crippen molar-refractivity contribution in [3.05, 3.63) is 36.0 Å². The minimum absolute atomic E-state index is 0.0270. The average Bonchev–Trinajstić information content (AvgIpc) is 2.84. The Morgan fingerprint density at radius 2 is 2.10 bits per heavy atom. The Morgan fingerprint density at radius 3 is 2.70 bits per heavy atom. The highest BCUT2D eigenvalue weighted by Gasteiger charge is 2.11. The van der Waals surface area contributed by atoms with Crippen LogP contribution >= 0.6 is 0 Å². The van der Waals surface area contributed by atoms with Gasteiger partial charge in [0.25, 0.3) is 0 Å². The van der Waals surface area contributed by atoms with Gasteiger partial charge in [-0.1, -0.05) is 0 Å². The van der Waals surface area contributed by atoms with E-state index in [1.165, 1.54) is 13.2 Å². The van der Waals surface area contributed by atoms with Crippen molar-refractivity contribution in [1.82, 2.24) is 15.3 Å². The number of hydrogen-bond donors (Lipinski definition) is 2. The number of imidazole rings is 1. The highest BCUT2D eigenvalue weighted by molar-refractivity contribution is 5.59. The molecule has 1 heterocycles. The number of rotatable bonds is 4. The molecule has 20 heavy (non-hydrogen) atoms. The largest absolute Gasteiger partial charge is 0.494 e. The van der Waals surface area contributed by atoms with Crippen LogP contribution in [0.5, 0.6) is 5.75 Å². The predicted octanol–water partition coefficient (Wildman–Crippen LogP) is 3.11. The van der Waals surface area contributed by atoms with E-state index in [0.717, 1.165) is 17.1 Å². The number of aromatic amines is 1. The van der Waals surface area contributed by atoms with Crippen LogP contribution in [-0.4, -0.2) is 22.6 Å². The maximum Gasteiger partial charge on any atom is 0.165 e. The van der Waals surface area contributed by atoms with E-state index < -0.39 is 0 Å². The fourth-order valence-corrected chi connectivity index (χ4v) is 1.78. The van der Waals surface area contributed by atoms with Gasteiger partial charge in [0.1, 0.15) is 5.82 Å². The zero-order valence-electron chi connectivity index (χ0n) is 12.2. The van der Waals surface area contributed by atoms with E-state index in [1.54, 1.807) is 18.3 Å². The van der Waals surface area contributed by atoms with E-state index in [4.69, 9.17) is 4.74 Å². The lowest BCUT2D eigenvalue weighted by Gasteiger charge is -2.19. The lowest BCUT2D eigenvalue weighted by molar-refractivity contribution is 0.386. The minimum atomic E-state index is -0.381. The first kappa shape index (κ1) is 14.5. The third-order valence-electron chi connectivity index (χ3n) is 2.88. The molecule has 0 fully saturated rings. The lowest BCUT2D eigenvalue weighted by atomic mass is 10.1. The Bertz CT molecular complexity index is 587. The summed E-state index contributed by atoms with van der Waals surface area (Å²) in [6, 6.07) is 4.85. The van der Waals surface area contributed by atoms with Gasteiger partial charge in [0.05, 0.1) is 25.5 Å². The summed E-state index contributed by atoms with van der Waals surface area (Å²) in [5, 5.41) is 3.34. The number of methoxy groups -OCH3 is 1. The molecule has 2 N–H and O–H groups in total. The van der Waals surface area contributed by atoms with Crippen LogP contribution in [0.3, 0.4) is 0 Å². The lowest BCUT2D eigenvalue weighted by Crippen LogP contribution is -2.35. The second-order valence-corrected chi connectivity index (χ2v) is 5.70. The van der Waals surface area contributed by atoms with Crippen molar-refractivity contribution in [3.63, 3.8) is 0 Å². The number of benzene rings is 1. The summed E-state index contributed by atoms with van der Waals surface area (Å²) < 4.78 is 18.6. The molecule has 0 atom stereocenters. The highest BCUT2D eigenvalue weighted by atomic mass is 19.1. The van der Waals surface area contributed by atoms with Crippen LogP contribution in [0.25, 0.3) is 11.3 Å². The second-order valence-electron chi connectivity index (χ2n) is 5.70. The molecule has 1 aromatic heterocycles.